The van der Waals surface area contributed by atoms with Crippen molar-refractivity contribution < 1.29 is 14.3 Å². The highest BCUT2D eigenvalue weighted by Crippen LogP contribution is 2.19. The first-order chi connectivity index (χ1) is 11.1. The molecule has 0 heterocycles. The Morgan fingerprint density at radius 2 is 1.96 bits per heavy atom. The lowest BCUT2D eigenvalue weighted by molar-refractivity contribution is -0.115. The van der Waals surface area contributed by atoms with Crippen molar-refractivity contribution in [1.82, 2.24) is 0 Å². The second kappa shape index (κ2) is 8.03. The molecule has 0 aliphatic heterocycles. The van der Waals surface area contributed by atoms with Crippen molar-refractivity contribution in [3.8, 4) is 11.5 Å². The summed E-state index contributed by atoms with van der Waals surface area (Å²) in [6.07, 6.45) is 2.01. The van der Waals surface area contributed by atoms with Crippen LogP contribution in [0.5, 0.6) is 11.5 Å². The lowest BCUT2D eigenvalue weighted by atomic mass is 10.1. The van der Waals surface area contributed by atoms with Crippen molar-refractivity contribution in [3.63, 3.8) is 0 Å². The zero-order chi connectivity index (χ0) is 16.7. The largest absolute Gasteiger partial charge is 0.496 e. The molecule has 0 spiro atoms. The fourth-order valence-corrected chi connectivity index (χ4v) is 2.23. The number of carbonyl (C=O) groups excluding carboxylic acids is 1. The summed E-state index contributed by atoms with van der Waals surface area (Å²) in [6, 6.07) is 13.0. The van der Waals surface area contributed by atoms with Crippen molar-refractivity contribution in [3.05, 3.63) is 66.2 Å². The minimum Gasteiger partial charge on any atom is -0.496 e. The molecule has 23 heavy (non-hydrogen) atoms. The van der Waals surface area contributed by atoms with Gasteiger partial charge in [0.15, 0.2) is 0 Å². The molecule has 4 heteroatoms. The molecule has 4 nitrogen and oxygen atoms in total. The number of anilines is 1. The van der Waals surface area contributed by atoms with Gasteiger partial charge in [-0.2, -0.15) is 0 Å². The maximum absolute atomic E-state index is 12.1. The van der Waals surface area contributed by atoms with Crippen LogP contribution in [0.1, 0.15) is 11.1 Å². The molecule has 0 saturated heterocycles. The lowest BCUT2D eigenvalue weighted by Crippen LogP contribution is -2.14. The molecule has 0 saturated carbocycles. The van der Waals surface area contributed by atoms with Gasteiger partial charge in [-0.25, -0.2) is 0 Å². The zero-order valence-electron chi connectivity index (χ0n) is 13.5. The van der Waals surface area contributed by atoms with E-state index in [2.05, 4.69) is 11.9 Å². The van der Waals surface area contributed by atoms with Gasteiger partial charge in [0.05, 0.1) is 13.5 Å². The average molecular weight is 311 g/mol. The molecule has 1 amide bonds. The van der Waals surface area contributed by atoms with Crippen LogP contribution in [0, 0.1) is 6.92 Å². The van der Waals surface area contributed by atoms with Crippen molar-refractivity contribution >= 4 is 11.6 Å². The topological polar surface area (TPSA) is 47.6 Å². The number of ether oxygens (including phenoxy) is 2. The highest BCUT2D eigenvalue weighted by Gasteiger charge is 2.06. The maximum Gasteiger partial charge on any atom is 0.228 e. The molecule has 2 aromatic rings. The van der Waals surface area contributed by atoms with Crippen LogP contribution in [0.15, 0.2) is 55.1 Å². The first kappa shape index (κ1) is 16.6. The Labute approximate surface area is 136 Å². The summed E-state index contributed by atoms with van der Waals surface area (Å²) in [5, 5.41) is 2.88. The third kappa shape index (κ3) is 4.88. The van der Waals surface area contributed by atoms with Crippen LogP contribution in [-0.2, 0) is 11.2 Å². The molecule has 120 valence electrons. The van der Waals surface area contributed by atoms with E-state index < -0.39 is 0 Å². The Morgan fingerprint density at radius 1 is 1.22 bits per heavy atom. The Morgan fingerprint density at radius 3 is 2.57 bits per heavy atom. The zero-order valence-corrected chi connectivity index (χ0v) is 13.5. The SMILES string of the molecule is C=CCOc1ccc(NC(=O)Cc2ccc(OC)c(C)c2)cc1. The third-order valence-corrected chi connectivity index (χ3v) is 3.33. The molecular weight excluding hydrogens is 290 g/mol. The van der Waals surface area contributed by atoms with E-state index in [9.17, 15) is 4.79 Å². The van der Waals surface area contributed by atoms with Gasteiger partial charge in [-0.1, -0.05) is 24.8 Å². The molecule has 0 bridgehead atoms. The van der Waals surface area contributed by atoms with Crippen LogP contribution in [0.25, 0.3) is 0 Å². The van der Waals surface area contributed by atoms with E-state index in [1.807, 2.05) is 49.4 Å². The minimum atomic E-state index is -0.0608. The quantitative estimate of drug-likeness (QED) is 0.792. The van der Waals surface area contributed by atoms with Crippen molar-refractivity contribution in [2.24, 2.45) is 0 Å². The second-order valence-electron chi connectivity index (χ2n) is 5.15. The van der Waals surface area contributed by atoms with E-state index in [1.54, 1.807) is 13.2 Å². The highest BCUT2D eigenvalue weighted by atomic mass is 16.5. The standard InChI is InChI=1S/C19H21NO3/c1-4-11-23-17-8-6-16(7-9-17)20-19(21)13-15-5-10-18(22-3)14(2)12-15/h4-10,12H,1,11,13H2,2-3H3,(H,20,21). The molecule has 0 unspecified atom stereocenters. The molecule has 0 atom stereocenters. The van der Waals surface area contributed by atoms with Crippen molar-refractivity contribution in [2.45, 2.75) is 13.3 Å². The molecule has 0 aliphatic rings. The van der Waals surface area contributed by atoms with Crippen LogP contribution < -0.4 is 14.8 Å². The summed E-state index contributed by atoms with van der Waals surface area (Å²) in [4.78, 5) is 12.1. The van der Waals surface area contributed by atoms with E-state index in [-0.39, 0.29) is 5.91 Å². The van der Waals surface area contributed by atoms with E-state index in [1.165, 1.54) is 0 Å². The van der Waals surface area contributed by atoms with Gasteiger partial charge in [0, 0.05) is 5.69 Å². The van der Waals surface area contributed by atoms with Gasteiger partial charge in [-0.3, -0.25) is 4.79 Å². The van der Waals surface area contributed by atoms with E-state index in [0.29, 0.717) is 13.0 Å². The highest BCUT2D eigenvalue weighted by molar-refractivity contribution is 5.92. The summed E-state index contributed by atoms with van der Waals surface area (Å²) in [6.45, 7) is 6.02. The van der Waals surface area contributed by atoms with Gasteiger partial charge in [0.1, 0.15) is 18.1 Å². The van der Waals surface area contributed by atoms with Gasteiger partial charge >= 0.3 is 0 Å². The van der Waals surface area contributed by atoms with Crippen LogP contribution in [0.4, 0.5) is 5.69 Å². The normalized spacial score (nSPS) is 10.0. The number of carbonyl (C=O) groups is 1. The van der Waals surface area contributed by atoms with Gasteiger partial charge < -0.3 is 14.8 Å². The first-order valence-corrected chi connectivity index (χ1v) is 7.39. The predicted octanol–water partition coefficient (Wildman–Crippen LogP) is 3.75. The number of rotatable bonds is 7. The number of benzene rings is 2. The average Bonchev–Trinajstić information content (AvgIpc) is 2.54. The lowest BCUT2D eigenvalue weighted by Gasteiger charge is -2.09. The Kier molecular flexibility index (Phi) is 5.80. The van der Waals surface area contributed by atoms with Gasteiger partial charge in [-0.15, -0.1) is 0 Å². The molecule has 0 aromatic heterocycles. The summed E-state index contributed by atoms with van der Waals surface area (Å²) in [5.74, 6) is 1.51. The predicted molar refractivity (Wildman–Crippen MR) is 92.2 cm³/mol. The monoisotopic (exact) mass is 311 g/mol. The Hall–Kier alpha value is -2.75. The molecule has 0 radical (unpaired) electrons. The summed E-state index contributed by atoms with van der Waals surface area (Å²) in [7, 11) is 1.64. The fraction of sp³-hybridized carbons (Fsp3) is 0.211. The fourth-order valence-electron chi connectivity index (χ4n) is 2.23. The van der Waals surface area contributed by atoms with Crippen LogP contribution in [0.2, 0.25) is 0 Å². The number of hydrogen-bond acceptors (Lipinski definition) is 3. The summed E-state index contributed by atoms with van der Waals surface area (Å²) >= 11 is 0. The molecule has 0 aliphatic carbocycles. The van der Waals surface area contributed by atoms with Crippen molar-refractivity contribution in [1.29, 1.82) is 0 Å². The van der Waals surface area contributed by atoms with E-state index in [0.717, 1.165) is 28.3 Å². The Bertz CT molecular complexity index is 678. The number of methoxy groups -OCH3 is 1. The number of nitrogens with one attached hydrogen (secondary N) is 1. The van der Waals surface area contributed by atoms with Crippen molar-refractivity contribution in [2.75, 3.05) is 19.0 Å². The minimum absolute atomic E-state index is 0.0608. The molecule has 2 rings (SSSR count). The first-order valence-electron chi connectivity index (χ1n) is 7.39. The maximum atomic E-state index is 12.1. The number of hydrogen-bond donors (Lipinski definition) is 1. The van der Waals surface area contributed by atoms with Crippen LogP contribution >= 0.6 is 0 Å². The van der Waals surface area contributed by atoms with E-state index >= 15 is 0 Å². The Balaban J connectivity index is 1.94. The molecule has 1 N–H and O–H groups in total. The molecule has 2 aromatic carbocycles. The van der Waals surface area contributed by atoms with Gasteiger partial charge in [-0.05, 0) is 48.4 Å². The summed E-state index contributed by atoms with van der Waals surface area (Å²) < 4.78 is 10.6. The molecular formula is C19H21NO3. The second-order valence-corrected chi connectivity index (χ2v) is 5.15. The van der Waals surface area contributed by atoms with Crippen LogP contribution in [0.3, 0.4) is 0 Å². The van der Waals surface area contributed by atoms with Gasteiger partial charge in [0.2, 0.25) is 5.91 Å². The van der Waals surface area contributed by atoms with Crippen LogP contribution in [-0.4, -0.2) is 19.6 Å². The number of aryl methyl sites for hydroxylation is 1. The third-order valence-electron chi connectivity index (χ3n) is 3.33. The molecule has 0 fully saturated rings. The smallest absolute Gasteiger partial charge is 0.228 e. The summed E-state index contributed by atoms with van der Waals surface area (Å²) in [5.41, 5.74) is 2.71. The van der Waals surface area contributed by atoms with Gasteiger partial charge in [0.25, 0.3) is 0 Å². The van der Waals surface area contributed by atoms with E-state index in [4.69, 9.17) is 9.47 Å². The number of amides is 1.